The Morgan fingerprint density at radius 3 is 2.73 bits per heavy atom. The summed E-state index contributed by atoms with van der Waals surface area (Å²) in [5.74, 6) is 0.442. The Hall–Kier alpha value is -2.90. The smallest absolute Gasteiger partial charge is 0.316 e. The van der Waals surface area contributed by atoms with Crippen LogP contribution < -0.4 is 14.2 Å². The highest BCUT2D eigenvalue weighted by Gasteiger charge is 2.26. The molecule has 1 aromatic heterocycles. The van der Waals surface area contributed by atoms with Gasteiger partial charge in [-0.2, -0.15) is 0 Å². The maximum absolute atomic E-state index is 12.9. The number of para-hydroxylation sites is 2. The molecule has 1 atom stereocenters. The van der Waals surface area contributed by atoms with Crippen molar-refractivity contribution in [2.24, 2.45) is 0 Å². The lowest BCUT2D eigenvalue weighted by Gasteiger charge is -2.32. The molecule has 1 unspecified atom stereocenters. The molecule has 1 aliphatic rings. The maximum atomic E-state index is 12.9. The van der Waals surface area contributed by atoms with E-state index >= 15 is 0 Å². The topological polar surface area (TPSA) is 73.8 Å². The van der Waals surface area contributed by atoms with Crippen molar-refractivity contribution in [1.29, 1.82) is 0 Å². The van der Waals surface area contributed by atoms with Crippen LogP contribution in [0, 0.1) is 5.82 Å². The molecule has 2 aromatic rings. The van der Waals surface area contributed by atoms with Crippen molar-refractivity contribution in [2.75, 3.05) is 26.8 Å². The van der Waals surface area contributed by atoms with Gasteiger partial charge in [0.1, 0.15) is 6.10 Å². The van der Waals surface area contributed by atoms with E-state index < -0.39 is 5.82 Å². The van der Waals surface area contributed by atoms with Crippen molar-refractivity contribution in [3.63, 3.8) is 0 Å². The van der Waals surface area contributed by atoms with Crippen LogP contribution >= 0.6 is 0 Å². The normalized spacial score (nSPS) is 16.8. The second-order valence-corrected chi connectivity index (χ2v) is 5.85. The molecule has 26 heavy (non-hydrogen) atoms. The Labute approximate surface area is 150 Å². The fourth-order valence-corrected chi connectivity index (χ4v) is 2.74. The van der Waals surface area contributed by atoms with Crippen LogP contribution in [0.25, 0.3) is 0 Å². The van der Waals surface area contributed by atoms with Gasteiger partial charge in [0.2, 0.25) is 0 Å². The van der Waals surface area contributed by atoms with Crippen molar-refractivity contribution >= 4 is 5.91 Å². The van der Waals surface area contributed by atoms with Crippen LogP contribution in [-0.4, -0.2) is 53.7 Å². The second-order valence-electron chi connectivity index (χ2n) is 5.85. The molecule has 1 aromatic carbocycles. The Morgan fingerprint density at radius 2 is 2.00 bits per heavy atom. The van der Waals surface area contributed by atoms with E-state index in [1.54, 1.807) is 24.1 Å². The van der Waals surface area contributed by atoms with Gasteiger partial charge in [-0.05, 0) is 25.0 Å². The number of carbonyl (C=O) groups is 1. The summed E-state index contributed by atoms with van der Waals surface area (Å²) in [6.45, 7) is 0.966. The minimum atomic E-state index is -0.522. The molecule has 1 fully saturated rings. The van der Waals surface area contributed by atoms with Crippen molar-refractivity contribution in [1.82, 2.24) is 14.9 Å². The summed E-state index contributed by atoms with van der Waals surface area (Å²) in [5, 5.41) is 0. The zero-order chi connectivity index (χ0) is 18.4. The summed E-state index contributed by atoms with van der Waals surface area (Å²) in [5.41, 5.74) is 0. The van der Waals surface area contributed by atoms with Crippen LogP contribution in [0.1, 0.15) is 12.8 Å². The van der Waals surface area contributed by atoms with E-state index in [4.69, 9.17) is 14.2 Å². The highest BCUT2D eigenvalue weighted by molar-refractivity contribution is 5.78. The zero-order valence-electron chi connectivity index (χ0n) is 14.4. The number of aromatic nitrogens is 2. The van der Waals surface area contributed by atoms with E-state index in [0.717, 1.165) is 25.2 Å². The first kappa shape index (κ1) is 17.9. The zero-order valence-corrected chi connectivity index (χ0v) is 14.4. The first-order chi connectivity index (χ1) is 12.7. The van der Waals surface area contributed by atoms with Crippen molar-refractivity contribution in [2.45, 2.75) is 18.9 Å². The fraction of sp³-hybridized carbons (Fsp3) is 0.389. The first-order valence-electron chi connectivity index (χ1n) is 8.33. The standard InChI is InChI=1S/C18H20FN3O4/c1-24-15-6-2-3-7-16(15)25-12-17(23)22-8-4-5-14(11-22)26-18-20-9-13(19)10-21-18/h2-3,6-7,9-10,14H,4-5,8,11-12H2,1H3. The molecule has 0 radical (unpaired) electrons. The van der Waals surface area contributed by atoms with E-state index in [-0.39, 0.29) is 24.6 Å². The lowest BCUT2D eigenvalue weighted by atomic mass is 10.1. The number of ether oxygens (including phenoxy) is 3. The molecule has 0 aliphatic carbocycles. The number of hydrogen-bond donors (Lipinski definition) is 0. The number of amides is 1. The van der Waals surface area contributed by atoms with Crippen LogP contribution in [-0.2, 0) is 4.79 Å². The summed E-state index contributed by atoms with van der Waals surface area (Å²) in [7, 11) is 1.55. The Balaban J connectivity index is 1.53. The Kier molecular flexibility index (Phi) is 5.83. The molecule has 0 bridgehead atoms. The molecule has 1 saturated heterocycles. The van der Waals surface area contributed by atoms with Crippen molar-refractivity contribution < 1.29 is 23.4 Å². The van der Waals surface area contributed by atoms with E-state index in [1.165, 1.54) is 0 Å². The van der Waals surface area contributed by atoms with Gasteiger partial charge in [0, 0.05) is 6.54 Å². The molecular weight excluding hydrogens is 341 g/mol. The van der Waals surface area contributed by atoms with Crippen LogP contribution in [0.3, 0.4) is 0 Å². The van der Waals surface area contributed by atoms with Gasteiger partial charge in [0.25, 0.3) is 5.91 Å². The van der Waals surface area contributed by atoms with Crippen molar-refractivity contribution in [3.8, 4) is 17.5 Å². The van der Waals surface area contributed by atoms with Crippen LogP contribution in [0.4, 0.5) is 4.39 Å². The average Bonchev–Trinajstić information content (AvgIpc) is 2.68. The minimum absolute atomic E-state index is 0.0832. The summed E-state index contributed by atoms with van der Waals surface area (Å²) in [6, 6.07) is 7.27. The predicted octanol–water partition coefficient (Wildman–Crippen LogP) is 2.07. The molecule has 2 heterocycles. The van der Waals surface area contributed by atoms with E-state index in [9.17, 15) is 9.18 Å². The van der Waals surface area contributed by atoms with Gasteiger partial charge in [-0.25, -0.2) is 14.4 Å². The fourth-order valence-electron chi connectivity index (χ4n) is 2.74. The molecule has 138 valence electrons. The first-order valence-corrected chi connectivity index (χ1v) is 8.33. The number of piperidine rings is 1. The van der Waals surface area contributed by atoms with Gasteiger partial charge >= 0.3 is 6.01 Å². The largest absolute Gasteiger partial charge is 0.493 e. The van der Waals surface area contributed by atoms with E-state index in [2.05, 4.69) is 9.97 Å². The summed E-state index contributed by atoms with van der Waals surface area (Å²) < 4.78 is 29.3. The molecule has 0 spiro atoms. The molecule has 7 nitrogen and oxygen atoms in total. The SMILES string of the molecule is COc1ccccc1OCC(=O)N1CCCC(Oc2ncc(F)cn2)C1. The molecule has 0 N–H and O–H groups in total. The van der Waals surface area contributed by atoms with Gasteiger partial charge < -0.3 is 19.1 Å². The minimum Gasteiger partial charge on any atom is -0.493 e. The number of halogens is 1. The monoisotopic (exact) mass is 361 g/mol. The van der Waals surface area contributed by atoms with Gasteiger partial charge in [0.05, 0.1) is 26.0 Å². The number of hydrogen-bond acceptors (Lipinski definition) is 6. The highest BCUT2D eigenvalue weighted by Crippen LogP contribution is 2.25. The van der Waals surface area contributed by atoms with Gasteiger partial charge in [-0.1, -0.05) is 12.1 Å². The van der Waals surface area contributed by atoms with E-state index in [0.29, 0.717) is 24.6 Å². The highest BCUT2D eigenvalue weighted by atomic mass is 19.1. The Morgan fingerprint density at radius 1 is 1.27 bits per heavy atom. The van der Waals surface area contributed by atoms with Crippen LogP contribution in [0.2, 0.25) is 0 Å². The third kappa shape index (κ3) is 4.59. The molecule has 0 saturated carbocycles. The maximum Gasteiger partial charge on any atom is 0.316 e. The number of nitrogens with zero attached hydrogens (tertiary/aromatic N) is 3. The molecular formula is C18H20FN3O4. The van der Waals surface area contributed by atoms with Gasteiger partial charge in [-0.15, -0.1) is 0 Å². The van der Waals surface area contributed by atoms with Crippen LogP contribution in [0.15, 0.2) is 36.7 Å². The number of benzene rings is 1. The van der Waals surface area contributed by atoms with E-state index in [1.807, 2.05) is 12.1 Å². The average molecular weight is 361 g/mol. The summed E-state index contributed by atoms with van der Waals surface area (Å²) in [6.07, 6.45) is 3.44. The molecule has 1 amide bonds. The van der Waals surface area contributed by atoms with Crippen molar-refractivity contribution in [3.05, 3.63) is 42.5 Å². The van der Waals surface area contributed by atoms with Gasteiger partial charge in [0.15, 0.2) is 23.9 Å². The number of carbonyl (C=O) groups excluding carboxylic acids is 1. The number of likely N-dealkylation sites (tertiary alicyclic amines) is 1. The lowest BCUT2D eigenvalue weighted by Crippen LogP contribution is -2.46. The lowest BCUT2D eigenvalue weighted by molar-refractivity contribution is -0.136. The second kappa shape index (κ2) is 8.46. The third-order valence-corrected chi connectivity index (χ3v) is 4.02. The molecule has 1 aliphatic heterocycles. The summed E-state index contributed by atoms with van der Waals surface area (Å²) in [4.78, 5) is 21.7. The molecule has 8 heteroatoms. The number of methoxy groups -OCH3 is 1. The predicted molar refractivity (Wildman–Crippen MR) is 90.7 cm³/mol. The van der Waals surface area contributed by atoms with Gasteiger partial charge in [-0.3, -0.25) is 4.79 Å². The number of rotatable bonds is 6. The quantitative estimate of drug-likeness (QED) is 0.784. The third-order valence-electron chi connectivity index (χ3n) is 4.02. The summed E-state index contributed by atoms with van der Waals surface area (Å²) >= 11 is 0. The molecule has 3 rings (SSSR count). The van der Waals surface area contributed by atoms with Crippen LogP contribution in [0.5, 0.6) is 17.5 Å². The Bertz CT molecular complexity index is 741.